The monoisotopic (exact) mass is 291 g/mol. The van der Waals surface area contributed by atoms with Gasteiger partial charge >= 0.3 is 6.03 Å². The lowest BCUT2D eigenvalue weighted by molar-refractivity contribution is 0.180. The van der Waals surface area contributed by atoms with Crippen LogP contribution < -0.4 is 5.32 Å². The zero-order chi connectivity index (χ0) is 14.7. The summed E-state index contributed by atoms with van der Waals surface area (Å²) in [4.78, 5) is 15.8. The molecule has 4 nitrogen and oxygen atoms in total. The van der Waals surface area contributed by atoms with Crippen LogP contribution in [0.3, 0.4) is 0 Å². The molecule has 114 valence electrons. The van der Waals surface area contributed by atoms with Gasteiger partial charge in [-0.1, -0.05) is 12.1 Å². The van der Waals surface area contributed by atoms with E-state index >= 15 is 0 Å². The van der Waals surface area contributed by atoms with Crippen LogP contribution in [0.5, 0.6) is 0 Å². The summed E-state index contributed by atoms with van der Waals surface area (Å²) in [5.74, 6) is 0.321. The van der Waals surface area contributed by atoms with Crippen LogP contribution in [-0.2, 0) is 0 Å². The molecule has 2 heterocycles. The molecule has 2 aliphatic heterocycles. The SMILES string of the molecule is O=C1NCCN1CCN1CCC(c2cccc(F)c2)CC1. The molecule has 0 bridgehead atoms. The highest BCUT2D eigenvalue weighted by Crippen LogP contribution is 2.28. The maximum absolute atomic E-state index is 13.3. The normalized spacial score (nSPS) is 20.8. The van der Waals surface area contributed by atoms with Gasteiger partial charge in [0.2, 0.25) is 0 Å². The summed E-state index contributed by atoms with van der Waals surface area (Å²) < 4.78 is 13.3. The fourth-order valence-electron chi connectivity index (χ4n) is 3.24. The van der Waals surface area contributed by atoms with Crippen molar-refractivity contribution in [2.24, 2.45) is 0 Å². The molecule has 1 aromatic carbocycles. The van der Waals surface area contributed by atoms with Crippen molar-refractivity contribution in [3.63, 3.8) is 0 Å². The molecule has 3 rings (SSSR count). The van der Waals surface area contributed by atoms with E-state index in [-0.39, 0.29) is 11.8 Å². The molecule has 5 heteroatoms. The summed E-state index contributed by atoms with van der Waals surface area (Å²) in [6, 6.07) is 7.04. The van der Waals surface area contributed by atoms with Gasteiger partial charge in [-0.15, -0.1) is 0 Å². The first kappa shape index (κ1) is 14.3. The summed E-state index contributed by atoms with van der Waals surface area (Å²) in [5.41, 5.74) is 1.12. The number of benzene rings is 1. The van der Waals surface area contributed by atoms with Gasteiger partial charge in [-0.25, -0.2) is 9.18 Å². The number of nitrogens with zero attached hydrogens (tertiary/aromatic N) is 2. The Morgan fingerprint density at radius 3 is 2.67 bits per heavy atom. The summed E-state index contributed by atoms with van der Waals surface area (Å²) in [6.45, 7) is 5.37. The van der Waals surface area contributed by atoms with Gasteiger partial charge in [0.05, 0.1) is 0 Å². The number of nitrogens with one attached hydrogen (secondary N) is 1. The largest absolute Gasteiger partial charge is 0.336 e. The molecule has 1 N–H and O–H groups in total. The number of amides is 2. The van der Waals surface area contributed by atoms with Crippen molar-refractivity contribution in [3.05, 3.63) is 35.6 Å². The number of carbonyl (C=O) groups excluding carboxylic acids is 1. The number of hydrogen-bond acceptors (Lipinski definition) is 2. The van der Waals surface area contributed by atoms with Crippen LogP contribution in [0.4, 0.5) is 9.18 Å². The van der Waals surface area contributed by atoms with Crippen molar-refractivity contribution in [1.29, 1.82) is 0 Å². The van der Waals surface area contributed by atoms with Crippen molar-refractivity contribution < 1.29 is 9.18 Å². The second-order valence-electron chi connectivity index (χ2n) is 5.89. The summed E-state index contributed by atoms with van der Waals surface area (Å²) in [5, 5.41) is 2.82. The maximum atomic E-state index is 13.3. The summed E-state index contributed by atoms with van der Waals surface area (Å²) in [7, 11) is 0. The number of rotatable bonds is 4. The number of likely N-dealkylation sites (tertiary alicyclic amines) is 1. The van der Waals surface area contributed by atoms with Crippen LogP contribution in [0, 0.1) is 5.82 Å². The highest BCUT2D eigenvalue weighted by atomic mass is 19.1. The van der Waals surface area contributed by atoms with Gasteiger partial charge < -0.3 is 15.1 Å². The molecule has 1 aromatic rings. The highest BCUT2D eigenvalue weighted by Gasteiger charge is 2.23. The second kappa shape index (κ2) is 6.43. The topological polar surface area (TPSA) is 35.6 Å². The fraction of sp³-hybridized carbons (Fsp3) is 0.562. The van der Waals surface area contributed by atoms with E-state index in [4.69, 9.17) is 0 Å². The van der Waals surface area contributed by atoms with Crippen molar-refractivity contribution in [2.75, 3.05) is 39.3 Å². The van der Waals surface area contributed by atoms with E-state index in [0.29, 0.717) is 5.92 Å². The molecule has 0 spiro atoms. The van der Waals surface area contributed by atoms with E-state index in [1.807, 2.05) is 11.0 Å². The molecular weight excluding hydrogens is 269 g/mol. The second-order valence-corrected chi connectivity index (χ2v) is 5.89. The van der Waals surface area contributed by atoms with Crippen LogP contribution >= 0.6 is 0 Å². The first-order valence-corrected chi connectivity index (χ1v) is 7.73. The molecule has 2 fully saturated rings. The first-order valence-electron chi connectivity index (χ1n) is 7.73. The Morgan fingerprint density at radius 2 is 2.00 bits per heavy atom. The first-order chi connectivity index (χ1) is 10.2. The predicted molar refractivity (Wildman–Crippen MR) is 79.8 cm³/mol. The molecule has 0 aliphatic carbocycles. The Labute approximate surface area is 124 Å². The molecule has 0 aromatic heterocycles. The number of halogens is 1. The molecule has 21 heavy (non-hydrogen) atoms. The fourth-order valence-corrected chi connectivity index (χ4v) is 3.24. The van der Waals surface area contributed by atoms with Crippen LogP contribution in [0.15, 0.2) is 24.3 Å². The lowest BCUT2D eigenvalue weighted by Crippen LogP contribution is -2.40. The van der Waals surface area contributed by atoms with E-state index < -0.39 is 0 Å². The minimum absolute atomic E-state index is 0.0599. The van der Waals surface area contributed by atoms with Crippen LogP contribution in [-0.4, -0.2) is 55.1 Å². The molecule has 0 atom stereocenters. The van der Waals surface area contributed by atoms with Gasteiger partial charge in [0, 0.05) is 26.2 Å². The van der Waals surface area contributed by atoms with E-state index in [1.54, 1.807) is 12.1 Å². The van der Waals surface area contributed by atoms with Crippen LogP contribution in [0.25, 0.3) is 0 Å². The zero-order valence-corrected chi connectivity index (χ0v) is 12.2. The number of piperidine rings is 1. The average Bonchev–Trinajstić information content (AvgIpc) is 2.91. The smallest absolute Gasteiger partial charge is 0.317 e. The average molecular weight is 291 g/mol. The van der Waals surface area contributed by atoms with Gasteiger partial charge in [0.15, 0.2) is 0 Å². The van der Waals surface area contributed by atoms with Crippen LogP contribution in [0.2, 0.25) is 0 Å². The van der Waals surface area contributed by atoms with Gasteiger partial charge in [-0.05, 0) is 49.5 Å². The van der Waals surface area contributed by atoms with E-state index in [1.165, 1.54) is 6.07 Å². The van der Waals surface area contributed by atoms with E-state index in [9.17, 15) is 9.18 Å². The van der Waals surface area contributed by atoms with Gasteiger partial charge in [-0.2, -0.15) is 0 Å². The quantitative estimate of drug-likeness (QED) is 0.921. The number of urea groups is 1. The molecule has 2 saturated heterocycles. The Hall–Kier alpha value is -1.62. The third-order valence-corrected chi connectivity index (χ3v) is 4.54. The minimum Gasteiger partial charge on any atom is -0.336 e. The van der Waals surface area contributed by atoms with Crippen molar-refractivity contribution >= 4 is 6.03 Å². The van der Waals surface area contributed by atoms with Crippen molar-refractivity contribution in [1.82, 2.24) is 15.1 Å². The Bertz CT molecular complexity index is 500. The third kappa shape index (κ3) is 3.53. The Kier molecular flexibility index (Phi) is 4.39. The van der Waals surface area contributed by atoms with Gasteiger partial charge in [-0.3, -0.25) is 0 Å². The van der Waals surface area contributed by atoms with Crippen LogP contribution in [0.1, 0.15) is 24.3 Å². The Balaban J connectivity index is 1.45. The lowest BCUT2D eigenvalue weighted by atomic mass is 9.89. The number of hydrogen-bond donors (Lipinski definition) is 1. The molecule has 0 radical (unpaired) electrons. The van der Waals surface area contributed by atoms with E-state index in [0.717, 1.165) is 57.7 Å². The lowest BCUT2D eigenvalue weighted by Gasteiger charge is -2.33. The number of carbonyl (C=O) groups is 1. The maximum Gasteiger partial charge on any atom is 0.317 e. The Morgan fingerprint density at radius 1 is 1.19 bits per heavy atom. The minimum atomic E-state index is -0.144. The zero-order valence-electron chi connectivity index (χ0n) is 12.2. The molecular formula is C16H22FN3O. The standard InChI is InChI=1S/C16H22FN3O/c17-15-3-1-2-14(12-15)13-4-7-19(8-5-13)10-11-20-9-6-18-16(20)21/h1-3,12-13H,4-11H2,(H,18,21). The van der Waals surface area contributed by atoms with Gasteiger partial charge in [0.1, 0.15) is 5.82 Å². The predicted octanol–water partition coefficient (Wildman–Crippen LogP) is 2.03. The molecule has 2 amide bonds. The van der Waals surface area contributed by atoms with Crippen molar-refractivity contribution in [3.8, 4) is 0 Å². The van der Waals surface area contributed by atoms with Crippen molar-refractivity contribution in [2.45, 2.75) is 18.8 Å². The third-order valence-electron chi connectivity index (χ3n) is 4.54. The van der Waals surface area contributed by atoms with Gasteiger partial charge in [0.25, 0.3) is 0 Å². The molecule has 0 saturated carbocycles. The molecule has 2 aliphatic rings. The van der Waals surface area contributed by atoms with E-state index in [2.05, 4.69) is 10.2 Å². The molecule has 0 unspecified atom stereocenters. The summed E-state index contributed by atoms with van der Waals surface area (Å²) in [6.07, 6.45) is 2.13. The summed E-state index contributed by atoms with van der Waals surface area (Å²) >= 11 is 0. The highest BCUT2D eigenvalue weighted by molar-refractivity contribution is 5.76.